The molecule has 0 saturated carbocycles. The lowest BCUT2D eigenvalue weighted by atomic mass is 10.2. The predicted octanol–water partition coefficient (Wildman–Crippen LogP) is 2.59. The van der Waals surface area contributed by atoms with Crippen molar-refractivity contribution in [3.8, 4) is 5.75 Å². The third-order valence-electron chi connectivity index (χ3n) is 2.96. The summed E-state index contributed by atoms with van der Waals surface area (Å²) in [5.41, 5.74) is 1.08. The van der Waals surface area contributed by atoms with Crippen LogP contribution in [0, 0.1) is 0 Å². The van der Waals surface area contributed by atoms with Gasteiger partial charge in [0.2, 0.25) is 5.91 Å². The zero-order valence-corrected chi connectivity index (χ0v) is 11.7. The van der Waals surface area contributed by atoms with Crippen LogP contribution in [-0.2, 0) is 11.3 Å². The molecular weight excluding hydrogens is 262 g/mol. The first kappa shape index (κ1) is 13.8. The van der Waals surface area contributed by atoms with E-state index >= 15 is 0 Å². The summed E-state index contributed by atoms with van der Waals surface area (Å²) in [7, 11) is 1.63. The van der Waals surface area contributed by atoms with Crippen molar-refractivity contribution in [1.82, 2.24) is 4.90 Å². The van der Waals surface area contributed by atoms with Gasteiger partial charge in [-0.15, -0.1) is 11.8 Å². The van der Waals surface area contributed by atoms with E-state index in [1.807, 2.05) is 18.2 Å². The number of carbonyl (C=O) groups is 1. The summed E-state index contributed by atoms with van der Waals surface area (Å²) in [6.45, 7) is 4.59. The van der Waals surface area contributed by atoms with Gasteiger partial charge in [0, 0.05) is 23.7 Å². The molecule has 0 saturated heterocycles. The van der Waals surface area contributed by atoms with Gasteiger partial charge in [-0.05, 0) is 23.8 Å². The number of hydrogen-bond acceptors (Lipinski definition) is 4. The molecule has 1 aromatic rings. The Bertz CT molecular complexity index is 501. The van der Waals surface area contributed by atoms with E-state index in [1.165, 1.54) is 4.90 Å². The van der Waals surface area contributed by atoms with Crippen LogP contribution in [0.25, 0.3) is 0 Å². The van der Waals surface area contributed by atoms with Crippen LogP contribution >= 0.6 is 11.8 Å². The number of thioether (sulfide) groups is 1. The van der Waals surface area contributed by atoms with E-state index in [0.717, 1.165) is 17.1 Å². The normalized spacial score (nSPS) is 14.5. The van der Waals surface area contributed by atoms with E-state index in [1.54, 1.807) is 23.8 Å². The Kier molecular flexibility index (Phi) is 4.37. The van der Waals surface area contributed by atoms with E-state index in [9.17, 15) is 4.79 Å². The SMILES string of the molecule is C=C(O)CC(=O)N1CCSc2ccc(OC)cc2C1. The number of aliphatic hydroxyl groups is 1. The van der Waals surface area contributed by atoms with Crippen LogP contribution in [0.15, 0.2) is 35.4 Å². The molecule has 0 atom stereocenters. The molecule has 1 amide bonds. The molecule has 0 spiro atoms. The zero-order valence-electron chi connectivity index (χ0n) is 10.9. The summed E-state index contributed by atoms with van der Waals surface area (Å²) in [4.78, 5) is 14.9. The van der Waals surface area contributed by atoms with Gasteiger partial charge in [-0.25, -0.2) is 0 Å². The third-order valence-corrected chi connectivity index (χ3v) is 4.05. The Morgan fingerprint density at radius 1 is 1.58 bits per heavy atom. The topological polar surface area (TPSA) is 49.8 Å². The van der Waals surface area contributed by atoms with Crippen molar-refractivity contribution >= 4 is 17.7 Å². The van der Waals surface area contributed by atoms with Crippen molar-refractivity contribution in [2.45, 2.75) is 17.9 Å². The van der Waals surface area contributed by atoms with Crippen molar-refractivity contribution in [1.29, 1.82) is 0 Å². The van der Waals surface area contributed by atoms with Crippen LogP contribution < -0.4 is 4.74 Å². The molecule has 0 aromatic heterocycles. The minimum absolute atomic E-state index is 0.00995. The molecule has 5 heteroatoms. The van der Waals surface area contributed by atoms with Crippen LogP contribution in [0.5, 0.6) is 5.75 Å². The maximum atomic E-state index is 12.0. The standard InChI is InChI=1S/C14H17NO3S/c1-10(16)7-14(17)15-5-6-19-13-4-3-12(18-2)8-11(13)9-15/h3-4,8,16H,1,5-7,9H2,2H3. The molecule has 2 rings (SSSR count). The lowest BCUT2D eigenvalue weighted by Crippen LogP contribution is -2.31. The number of aliphatic hydroxyl groups excluding tert-OH is 1. The summed E-state index contributed by atoms with van der Waals surface area (Å²) >= 11 is 1.73. The van der Waals surface area contributed by atoms with Gasteiger partial charge in [0.25, 0.3) is 0 Å². The second-order valence-corrected chi connectivity index (χ2v) is 5.52. The van der Waals surface area contributed by atoms with Gasteiger partial charge in [0.05, 0.1) is 19.3 Å². The maximum Gasteiger partial charge on any atom is 0.230 e. The molecule has 102 valence electrons. The van der Waals surface area contributed by atoms with E-state index < -0.39 is 0 Å². The minimum atomic E-state index is -0.0937. The predicted molar refractivity (Wildman–Crippen MR) is 75.5 cm³/mol. The fourth-order valence-corrected chi connectivity index (χ4v) is 3.00. The number of ether oxygens (including phenoxy) is 1. The Hall–Kier alpha value is -1.62. The van der Waals surface area contributed by atoms with Gasteiger partial charge in [0.15, 0.2) is 0 Å². The van der Waals surface area contributed by atoms with Crippen molar-refractivity contribution in [3.63, 3.8) is 0 Å². The van der Waals surface area contributed by atoms with Gasteiger partial charge >= 0.3 is 0 Å². The molecule has 0 unspecified atom stereocenters. The monoisotopic (exact) mass is 279 g/mol. The molecule has 19 heavy (non-hydrogen) atoms. The first-order valence-electron chi connectivity index (χ1n) is 6.04. The van der Waals surface area contributed by atoms with E-state index in [2.05, 4.69) is 6.58 Å². The number of amides is 1. The zero-order chi connectivity index (χ0) is 13.8. The van der Waals surface area contributed by atoms with Crippen LogP contribution in [0.4, 0.5) is 0 Å². The minimum Gasteiger partial charge on any atom is -0.512 e. The highest BCUT2D eigenvalue weighted by Gasteiger charge is 2.20. The molecule has 0 fully saturated rings. The van der Waals surface area contributed by atoms with Crippen LogP contribution in [0.3, 0.4) is 0 Å². The molecule has 1 heterocycles. The number of rotatable bonds is 3. The van der Waals surface area contributed by atoms with Crippen LogP contribution in [0.1, 0.15) is 12.0 Å². The number of carbonyl (C=O) groups excluding carboxylic acids is 1. The fourth-order valence-electron chi connectivity index (χ4n) is 2.00. The summed E-state index contributed by atoms with van der Waals surface area (Å²) in [6, 6.07) is 5.92. The lowest BCUT2D eigenvalue weighted by Gasteiger charge is -2.20. The Balaban J connectivity index is 2.18. The van der Waals surface area contributed by atoms with E-state index in [4.69, 9.17) is 9.84 Å². The van der Waals surface area contributed by atoms with Gasteiger partial charge in [-0.3, -0.25) is 4.79 Å². The first-order valence-corrected chi connectivity index (χ1v) is 7.03. The lowest BCUT2D eigenvalue weighted by molar-refractivity contribution is -0.131. The van der Waals surface area contributed by atoms with Gasteiger partial charge in [-0.1, -0.05) is 6.58 Å². The fraction of sp³-hybridized carbons (Fsp3) is 0.357. The third kappa shape index (κ3) is 3.44. The average Bonchev–Trinajstić information content (AvgIpc) is 2.59. The summed E-state index contributed by atoms with van der Waals surface area (Å²) in [5, 5.41) is 9.13. The van der Waals surface area contributed by atoms with Crippen LogP contribution in [0.2, 0.25) is 0 Å². The molecular formula is C14H17NO3S. The van der Waals surface area contributed by atoms with Gasteiger partial charge in [-0.2, -0.15) is 0 Å². The second-order valence-electron chi connectivity index (χ2n) is 4.38. The van der Waals surface area contributed by atoms with Gasteiger partial charge in [0.1, 0.15) is 5.75 Å². The van der Waals surface area contributed by atoms with Crippen molar-refractivity contribution in [3.05, 3.63) is 36.1 Å². The molecule has 0 radical (unpaired) electrons. The molecule has 1 aromatic carbocycles. The van der Waals surface area contributed by atoms with Crippen molar-refractivity contribution in [2.24, 2.45) is 0 Å². The van der Waals surface area contributed by atoms with Gasteiger partial charge < -0.3 is 14.7 Å². The Morgan fingerprint density at radius 2 is 2.37 bits per heavy atom. The number of hydrogen-bond donors (Lipinski definition) is 1. The molecule has 1 aliphatic heterocycles. The summed E-state index contributed by atoms with van der Waals surface area (Å²) < 4.78 is 5.21. The largest absolute Gasteiger partial charge is 0.512 e. The first-order chi connectivity index (χ1) is 9.10. The van der Waals surface area contributed by atoms with Crippen molar-refractivity contribution in [2.75, 3.05) is 19.4 Å². The Morgan fingerprint density at radius 3 is 3.05 bits per heavy atom. The summed E-state index contributed by atoms with van der Waals surface area (Å²) in [5.74, 6) is 1.46. The molecule has 1 aliphatic rings. The molecule has 0 aliphatic carbocycles. The molecule has 0 bridgehead atoms. The van der Waals surface area contributed by atoms with Crippen molar-refractivity contribution < 1.29 is 14.6 Å². The quantitative estimate of drug-likeness (QED) is 0.864. The Labute approximate surface area is 117 Å². The van der Waals surface area contributed by atoms with Crippen LogP contribution in [-0.4, -0.2) is 35.3 Å². The number of fused-ring (bicyclic) bond motifs is 1. The summed E-state index contributed by atoms with van der Waals surface area (Å²) in [6.07, 6.45) is -0.00995. The highest BCUT2D eigenvalue weighted by molar-refractivity contribution is 7.99. The smallest absolute Gasteiger partial charge is 0.230 e. The average molecular weight is 279 g/mol. The van der Waals surface area contributed by atoms with E-state index in [0.29, 0.717) is 13.1 Å². The maximum absolute atomic E-state index is 12.0. The number of nitrogens with zero attached hydrogens (tertiary/aromatic N) is 1. The molecule has 4 nitrogen and oxygen atoms in total. The molecule has 1 N–H and O–H groups in total. The number of benzene rings is 1. The highest BCUT2D eigenvalue weighted by Crippen LogP contribution is 2.30. The highest BCUT2D eigenvalue weighted by atomic mass is 32.2. The second kappa shape index (κ2) is 6.02. The number of methoxy groups -OCH3 is 1. The van der Waals surface area contributed by atoms with E-state index in [-0.39, 0.29) is 18.1 Å².